The Morgan fingerprint density at radius 1 is 1.65 bits per heavy atom. The van der Waals surface area contributed by atoms with E-state index in [1.54, 1.807) is 6.20 Å². The fourth-order valence-corrected chi connectivity index (χ4v) is 2.06. The Labute approximate surface area is 101 Å². The van der Waals surface area contributed by atoms with E-state index in [4.69, 9.17) is 0 Å². The highest BCUT2D eigenvalue weighted by Gasteiger charge is 2.34. The van der Waals surface area contributed by atoms with Gasteiger partial charge in [0.15, 0.2) is 0 Å². The van der Waals surface area contributed by atoms with E-state index >= 15 is 0 Å². The van der Waals surface area contributed by atoms with E-state index in [-0.39, 0.29) is 11.3 Å². The molecule has 2 rings (SSSR count). The predicted octanol–water partition coefficient (Wildman–Crippen LogP) is 0.482. The maximum atomic E-state index is 12.1. The minimum Gasteiger partial charge on any atom is -0.350 e. The van der Waals surface area contributed by atoms with E-state index in [9.17, 15) is 4.79 Å². The Bertz CT molecular complexity index is 373. The molecule has 1 aliphatic rings. The fourth-order valence-electron chi connectivity index (χ4n) is 2.06. The molecular formula is C12H18N4O. The maximum absolute atomic E-state index is 12.1. The van der Waals surface area contributed by atoms with Crippen LogP contribution in [0.3, 0.4) is 0 Å². The molecule has 1 saturated heterocycles. The zero-order chi connectivity index (χ0) is 12.1. The molecule has 1 aromatic rings. The third-order valence-electron chi connectivity index (χ3n) is 3.22. The van der Waals surface area contributed by atoms with Crippen molar-refractivity contribution in [2.45, 2.75) is 26.3 Å². The Morgan fingerprint density at radius 2 is 2.53 bits per heavy atom. The molecule has 5 nitrogen and oxygen atoms in total. The van der Waals surface area contributed by atoms with Gasteiger partial charge in [0.1, 0.15) is 6.33 Å². The molecule has 0 bridgehead atoms. The molecule has 1 amide bonds. The van der Waals surface area contributed by atoms with Crippen molar-refractivity contribution in [3.63, 3.8) is 0 Å². The summed E-state index contributed by atoms with van der Waals surface area (Å²) < 4.78 is 0. The van der Waals surface area contributed by atoms with Crippen LogP contribution in [0.2, 0.25) is 0 Å². The lowest BCUT2D eigenvalue weighted by molar-refractivity contribution is -0.131. The van der Waals surface area contributed by atoms with Gasteiger partial charge in [0.25, 0.3) is 0 Å². The number of aromatic nitrogens is 2. The number of nitrogens with one attached hydrogen (secondary N) is 2. The number of amides is 1. The fraction of sp³-hybridized carbons (Fsp3) is 0.583. The van der Waals surface area contributed by atoms with E-state index in [0.717, 1.165) is 31.6 Å². The van der Waals surface area contributed by atoms with Gasteiger partial charge in [0.05, 0.1) is 17.7 Å². The van der Waals surface area contributed by atoms with Crippen molar-refractivity contribution in [2.75, 3.05) is 13.1 Å². The molecule has 17 heavy (non-hydrogen) atoms. The van der Waals surface area contributed by atoms with Crippen LogP contribution in [0, 0.1) is 5.41 Å². The molecule has 1 aromatic heterocycles. The number of nitrogens with zero attached hydrogens (tertiary/aromatic N) is 2. The zero-order valence-electron chi connectivity index (χ0n) is 10.1. The van der Waals surface area contributed by atoms with E-state index in [0.29, 0.717) is 6.54 Å². The summed E-state index contributed by atoms with van der Waals surface area (Å²) in [5.41, 5.74) is 0.548. The molecule has 1 fully saturated rings. The summed E-state index contributed by atoms with van der Waals surface area (Å²) in [4.78, 5) is 20.0. The summed E-state index contributed by atoms with van der Waals surface area (Å²) >= 11 is 0. The number of carbonyl (C=O) groups is 1. The lowest BCUT2D eigenvalue weighted by Crippen LogP contribution is -2.48. The average Bonchev–Trinajstić information content (AvgIpc) is 2.38. The van der Waals surface area contributed by atoms with Crippen LogP contribution in [0.5, 0.6) is 0 Å². The van der Waals surface area contributed by atoms with E-state index in [2.05, 4.69) is 20.6 Å². The van der Waals surface area contributed by atoms with Crippen molar-refractivity contribution >= 4 is 5.91 Å². The summed E-state index contributed by atoms with van der Waals surface area (Å²) in [6.45, 7) is 4.24. The SMILES string of the molecule is CC1(C(=O)NCc2ccncn2)CCCNC1. The van der Waals surface area contributed by atoms with E-state index in [1.165, 1.54) is 6.33 Å². The molecule has 0 aliphatic carbocycles. The van der Waals surface area contributed by atoms with Gasteiger partial charge in [0, 0.05) is 12.7 Å². The number of hydrogen-bond donors (Lipinski definition) is 2. The van der Waals surface area contributed by atoms with Gasteiger partial charge in [0.2, 0.25) is 5.91 Å². The van der Waals surface area contributed by atoms with Gasteiger partial charge in [-0.25, -0.2) is 9.97 Å². The van der Waals surface area contributed by atoms with Crippen LogP contribution in [0.25, 0.3) is 0 Å². The van der Waals surface area contributed by atoms with Crippen molar-refractivity contribution in [1.82, 2.24) is 20.6 Å². The Hall–Kier alpha value is -1.49. The molecule has 0 spiro atoms. The van der Waals surface area contributed by atoms with Crippen LogP contribution in [0.1, 0.15) is 25.5 Å². The Balaban J connectivity index is 1.88. The highest BCUT2D eigenvalue weighted by atomic mass is 16.2. The Kier molecular flexibility index (Phi) is 3.68. The first-order valence-corrected chi connectivity index (χ1v) is 5.95. The Morgan fingerprint density at radius 3 is 3.18 bits per heavy atom. The third-order valence-corrected chi connectivity index (χ3v) is 3.22. The van der Waals surface area contributed by atoms with Gasteiger partial charge in [-0.3, -0.25) is 4.79 Å². The molecule has 1 aliphatic heterocycles. The first-order chi connectivity index (χ1) is 8.21. The average molecular weight is 234 g/mol. The number of hydrogen-bond acceptors (Lipinski definition) is 4. The van der Waals surface area contributed by atoms with Gasteiger partial charge in [-0.1, -0.05) is 0 Å². The van der Waals surface area contributed by atoms with Crippen LogP contribution in [-0.2, 0) is 11.3 Å². The molecule has 5 heteroatoms. The van der Waals surface area contributed by atoms with Crippen molar-refractivity contribution in [3.8, 4) is 0 Å². The van der Waals surface area contributed by atoms with Gasteiger partial charge < -0.3 is 10.6 Å². The first kappa shape index (κ1) is 12.0. The smallest absolute Gasteiger partial charge is 0.227 e. The molecule has 2 heterocycles. The summed E-state index contributed by atoms with van der Waals surface area (Å²) in [6, 6.07) is 1.81. The standard InChI is InChI=1S/C12H18N4O/c1-12(4-2-5-13-8-12)11(17)15-7-10-3-6-14-9-16-10/h3,6,9,13H,2,4-5,7-8H2,1H3,(H,15,17). The number of rotatable bonds is 3. The second kappa shape index (κ2) is 5.23. The summed E-state index contributed by atoms with van der Waals surface area (Å²) in [7, 11) is 0. The molecule has 1 atom stereocenters. The summed E-state index contributed by atoms with van der Waals surface area (Å²) in [5.74, 6) is 0.100. The lowest BCUT2D eigenvalue weighted by Gasteiger charge is -2.32. The predicted molar refractivity (Wildman–Crippen MR) is 64.1 cm³/mol. The van der Waals surface area contributed by atoms with Gasteiger partial charge >= 0.3 is 0 Å². The lowest BCUT2D eigenvalue weighted by atomic mass is 9.82. The van der Waals surface area contributed by atoms with Crippen molar-refractivity contribution in [3.05, 3.63) is 24.3 Å². The quantitative estimate of drug-likeness (QED) is 0.798. The van der Waals surface area contributed by atoms with Crippen molar-refractivity contribution in [1.29, 1.82) is 0 Å². The molecule has 0 saturated carbocycles. The minimum atomic E-state index is -0.286. The molecule has 92 valence electrons. The zero-order valence-corrected chi connectivity index (χ0v) is 10.1. The van der Waals surface area contributed by atoms with Gasteiger partial charge in [-0.15, -0.1) is 0 Å². The second-order valence-corrected chi connectivity index (χ2v) is 4.72. The highest BCUT2D eigenvalue weighted by Crippen LogP contribution is 2.25. The molecular weight excluding hydrogens is 216 g/mol. The number of piperidine rings is 1. The normalized spacial score (nSPS) is 24.3. The van der Waals surface area contributed by atoms with Crippen LogP contribution in [-0.4, -0.2) is 29.0 Å². The van der Waals surface area contributed by atoms with E-state index < -0.39 is 0 Å². The highest BCUT2D eigenvalue weighted by molar-refractivity contribution is 5.82. The molecule has 0 aromatic carbocycles. The van der Waals surface area contributed by atoms with Crippen molar-refractivity contribution < 1.29 is 4.79 Å². The molecule has 1 unspecified atom stereocenters. The summed E-state index contributed by atoms with van der Waals surface area (Å²) in [6.07, 6.45) is 5.16. The van der Waals surface area contributed by atoms with Crippen LogP contribution in [0.4, 0.5) is 0 Å². The summed E-state index contributed by atoms with van der Waals surface area (Å²) in [5, 5.41) is 6.21. The van der Waals surface area contributed by atoms with Crippen LogP contribution in [0.15, 0.2) is 18.6 Å². The monoisotopic (exact) mass is 234 g/mol. The third kappa shape index (κ3) is 3.00. The first-order valence-electron chi connectivity index (χ1n) is 5.95. The van der Waals surface area contributed by atoms with Crippen molar-refractivity contribution in [2.24, 2.45) is 5.41 Å². The maximum Gasteiger partial charge on any atom is 0.227 e. The second-order valence-electron chi connectivity index (χ2n) is 4.72. The van der Waals surface area contributed by atoms with Gasteiger partial charge in [-0.2, -0.15) is 0 Å². The minimum absolute atomic E-state index is 0.100. The van der Waals surface area contributed by atoms with E-state index in [1.807, 2.05) is 13.0 Å². The van der Waals surface area contributed by atoms with Crippen LogP contribution < -0.4 is 10.6 Å². The number of carbonyl (C=O) groups excluding carboxylic acids is 1. The molecule has 2 N–H and O–H groups in total. The largest absolute Gasteiger partial charge is 0.350 e. The van der Waals surface area contributed by atoms with Crippen LogP contribution >= 0.6 is 0 Å². The molecule has 0 radical (unpaired) electrons. The topological polar surface area (TPSA) is 66.9 Å². The van der Waals surface area contributed by atoms with Gasteiger partial charge in [-0.05, 0) is 32.4 Å².